The van der Waals surface area contributed by atoms with E-state index in [1.54, 1.807) is 37.6 Å². The Kier molecular flexibility index (Phi) is 9.57. The van der Waals surface area contributed by atoms with Crippen molar-refractivity contribution < 1.29 is 23.8 Å². The Morgan fingerprint density at radius 1 is 1.03 bits per heavy atom. The van der Waals surface area contributed by atoms with Crippen LogP contribution in [-0.4, -0.2) is 69.2 Å². The third-order valence-electron chi connectivity index (χ3n) is 5.74. The first-order valence-electron chi connectivity index (χ1n) is 11.3. The maximum Gasteiger partial charge on any atom is 0.242 e. The number of thiophene rings is 1. The molecule has 1 aliphatic rings. The number of benzene rings is 1. The molecule has 7 nitrogen and oxygen atoms in total. The highest BCUT2D eigenvalue weighted by Crippen LogP contribution is 2.31. The number of hydrogen-bond acceptors (Lipinski definition) is 6. The number of ether oxygens (including phenoxy) is 3. The summed E-state index contributed by atoms with van der Waals surface area (Å²) in [5.74, 6) is 1.49. The lowest BCUT2D eigenvalue weighted by molar-refractivity contribution is -0.141. The third-order valence-corrected chi connectivity index (χ3v) is 6.60. The highest BCUT2D eigenvalue weighted by Gasteiger charge is 2.34. The summed E-state index contributed by atoms with van der Waals surface area (Å²) in [6.45, 7) is 2.30. The minimum absolute atomic E-state index is 0.0321. The molecule has 0 atom stereocenters. The summed E-state index contributed by atoms with van der Waals surface area (Å²) in [6, 6.07) is 9.84. The first-order valence-corrected chi connectivity index (χ1v) is 12.2. The minimum Gasteiger partial charge on any atom is -0.493 e. The summed E-state index contributed by atoms with van der Waals surface area (Å²) in [5.41, 5.74) is 1.06. The van der Waals surface area contributed by atoms with Crippen molar-refractivity contribution in [2.75, 3.05) is 47.6 Å². The van der Waals surface area contributed by atoms with Gasteiger partial charge in [-0.05, 0) is 54.8 Å². The van der Waals surface area contributed by atoms with Gasteiger partial charge in [-0.15, -0.1) is 11.3 Å². The Hall–Kier alpha value is -2.58. The van der Waals surface area contributed by atoms with Crippen LogP contribution in [0.3, 0.4) is 0 Å². The van der Waals surface area contributed by atoms with E-state index in [2.05, 4.69) is 0 Å². The Bertz CT molecular complexity index is 898. The number of nitrogens with zero attached hydrogens (tertiary/aromatic N) is 2. The van der Waals surface area contributed by atoms with Gasteiger partial charge >= 0.3 is 0 Å². The van der Waals surface area contributed by atoms with Crippen molar-refractivity contribution in [3.8, 4) is 11.5 Å². The van der Waals surface area contributed by atoms with Crippen LogP contribution in [0.4, 0.5) is 0 Å². The monoisotopic (exact) mass is 474 g/mol. The van der Waals surface area contributed by atoms with E-state index in [1.807, 2.05) is 40.6 Å². The van der Waals surface area contributed by atoms with Crippen LogP contribution in [-0.2, 0) is 27.3 Å². The quantitative estimate of drug-likeness (QED) is 0.391. The van der Waals surface area contributed by atoms with Gasteiger partial charge in [-0.1, -0.05) is 12.1 Å². The number of amides is 2. The average molecular weight is 475 g/mol. The Morgan fingerprint density at radius 3 is 2.45 bits per heavy atom. The van der Waals surface area contributed by atoms with Gasteiger partial charge in [0.25, 0.3) is 0 Å². The fraction of sp³-hybridized carbons (Fsp3) is 0.520. The van der Waals surface area contributed by atoms with Gasteiger partial charge in [-0.25, -0.2) is 0 Å². The zero-order chi connectivity index (χ0) is 23.6. The maximum absolute atomic E-state index is 13.4. The van der Waals surface area contributed by atoms with E-state index >= 15 is 0 Å². The largest absolute Gasteiger partial charge is 0.493 e. The molecule has 0 aliphatic heterocycles. The van der Waals surface area contributed by atoms with E-state index in [0.717, 1.165) is 29.7 Å². The minimum atomic E-state index is -0.0321. The molecular formula is C25H34N2O5S. The molecule has 8 heteroatoms. The molecule has 0 bridgehead atoms. The number of rotatable bonds is 14. The third kappa shape index (κ3) is 7.47. The topological polar surface area (TPSA) is 68.3 Å². The van der Waals surface area contributed by atoms with Crippen LogP contribution in [0.1, 0.15) is 29.7 Å². The van der Waals surface area contributed by atoms with E-state index in [1.165, 1.54) is 0 Å². The van der Waals surface area contributed by atoms with E-state index in [9.17, 15) is 9.59 Å². The van der Waals surface area contributed by atoms with Crippen molar-refractivity contribution in [3.05, 3.63) is 46.2 Å². The fourth-order valence-electron chi connectivity index (χ4n) is 3.70. The van der Waals surface area contributed by atoms with Gasteiger partial charge in [-0.3, -0.25) is 9.59 Å². The van der Waals surface area contributed by atoms with Crippen molar-refractivity contribution in [2.24, 2.45) is 5.92 Å². The molecule has 1 aliphatic carbocycles. The van der Waals surface area contributed by atoms with Crippen LogP contribution in [0.25, 0.3) is 0 Å². The first-order chi connectivity index (χ1) is 16.0. The molecule has 33 heavy (non-hydrogen) atoms. The molecule has 0 radical (unpaired) electrons. The molecule has 0 unspecified atom stereocenters. The molecule has 1 aromatic carbocycles. The van der Waals surface area contributed by atoms with Crippen molar-refractivity contribution in [2.45, 2.75) is 32.2 Å². The predicted molar refractivity (Wildman–Crippen MR) is 129 cm³/mol. The molecule has 0 saturated heterocycles. The van der Waals surface area contributed by atoms with Crippen LogP contribution in [0.15, 0.2) is 35.7 Å². The molecule has 3 rings (SSSR count). The summed E-state index contributed by atoms with van der Waals surface area (Å²) in [6.07, 6.45) is 3.24. The fourth-order valence-corrected chi connectivity index (χ4v) is 4.42. The number of methoxy groups -OCH3 is 3. The Balaban J connectivity index is 1.69. The second-order valence-corrected chi connectivity index (χ2v) is 9.25. The maximum atomic E-state index is 13.4. The standard InChI is InChI=1S/C25H34N2O5S/c1-30-14-5-12-27(25(29)20-8-9-20)18-24(28)26(17-21-6-4-15-33-21)13-11-19-7-10-22(31-2)23(16-19)32-3/h4,6-7,10,15-16,20H,5,8-9,11-14,17-18H2,1-3H3. The summed E-state index contributed by atoms with van der Waals surface area (Å²) >= 11 is 1.63. The molecule has 1 heterocycles. The second-order valence-electron chi connectivity index (χ2n) is 8.21. The van der Waals surface area contributed by atoms with E-state index < -0.39 is 0 Å². The number of carbonyl (C=O) groups excluding carboxylic acids is 2. The smallest absolute Gasteiger partial charge is 0.242 e. The molecule has 1 saturated carbocycles. The highest BCUT2D eigenvalue weighted by molar-refractivity contribution is 7.09. The van der Waals surface area contributed by atoms with Crippen LogP contribution in [0, 0.1) is 5.92 Å². The first kappa shape index (κ1) is 25.1. The van der Waals surface area contributed by atoms with Gasteiger partial charge < -0.3 is 24.0 Å². The van der Waals surface area contributed by atoms with Crippen molar-refractivity contribution in [1.82, 2.24) is 9.80 Å². The van der Waals surface area contributed by atoms with Gasteiger partial charge in [0.15, 0.2) is 11.5 Å². The van der Waals surface area contributed by atoms with Gasteiger partial charge in [0, 0.05) is 37.6 Å². The molecule has 1 aromatic heterocycles. The number of hydrogen-bond donors (Lipinski definition) is 0. The van der Waals surface area contributed by atoms with E-state index in [0.29, 0.717) is 44.2 Å². The zero-order valence-corrected chi connectivity index (χ0v) is 20.6. The van der Waals surface area contributed by atoms with Crippen molar-refractivity contribution in [1.29, 1.82) is 0 Å². The van der Waals surface area contributed by atoms with E-state index in [-0.39, 0.29) is 24.3 Å². The van der Waals surface area contributed by atoms with Gasteiger partial charge in [0.2, 0.25) is 11.8 Å². The lowest BCUT2D eigenvalue weighted by Gasteiger charge is -2.28. The SMILES string of the molecule is COCCCN(CC(=O)N(CCc1ccc(OC)c(OC)c1)Cc1cccs1)C(=O)C1CC1. The average Bonchev–Trinajstić information content (AvgIpc) is 3.56. The van der Waals surface area contributed by atoms with Crippen LogP contribution in [0.2, 0.25) is 0 Å². The molecular weight excluding hydrogens is 440 g/mol. The predicted octanol–water partition coefficient (Wildman–Crippen LogP) is 3.61. The molecule has 2 amide bonds. The van der Waals surface area contributed by atoms with Gasteiger partial charge in [-0.2, -0.15) is 0 Å². The van der Waals surface area contributed by atoms with E-state index in [4.69, 9.17) is 14.2 Å². The van der Waals surface area contributed by atoms with Crippen molar-refractivity contribution in [3.63, 3.8) is 0 Å². The molecule has 0 N–H and O–H groups in total. The summed E-state index contributed by atoms with van der Waals surface area (Å²) in [7, 11) is 4.87. The molecule has 1 fully saturated rings. The summed E-state index contributed by atoms with van der Waals surface area (Å²) in [5, 5.41) is 2.01. The van der Waals surface area contributed by atoms with Gasteiger partial charge in [0.1, 0.15) is 0 Å². The Morgan fingerprint density at radius 2 is 1.82 bits per heavy atom. The number of carbonyl (C=O) groups is 2. The molecule has 180 valence electrons. The molecule has 0 spiro atoms. The summed E-state index contributed by atoms with van der Waals surface area (Å²) < 4.78 is 15.9. The summed E-state index contributed by atoms with van der Waals surface area (Å²) in [4.78, 5) is 30.8. The lowest BCUT2D eigenvalue weighted by Crippen LogP contribution is -2.44. The zero-order valence-electron chi connectivity index (χ0n) is 19.7. The lowest BCUT2D eigenvalue weighted by atomic mass is 10.1. The van der Waals surface area contributed by atoms with Gasteiger partial charge in [0.05, 0.1) is 27.3 Å². The second kappa shape index (κ2) is 12.6. The van der Waals surface area contributed by atoms with Crippen LogP contribution < -0.4 is 9.47 Å². The van der Waals surface area contributed by atoms with Crippen molar-refractivity contribution >= 4 is 23.2 Å². The Labute approximate surface area is 200 Å². The normalized spacial score (nSPS) is 12.9. The van der Waals surface area contributed by atoms with Crippen LogP contribution in [0.5, 0.6) is 11.5 Å². The highest BCUT2D eigenvalue weighted by atomic mass is 32.1. The van der Waals surface area contributed by atoms with Crippen LogP contribution >= 0.6 is 11.3 Å². The molecule has 2 aromatic rings.